The largest absolute Gasteiger partial charge is 0.309 e. The molecule has 130 valence electrons. The molecule has 4 aliphatic carbocycles. The van der Waals surface area contributed by atoms with Crippen molar-refractivity contribution in [1.29, 1.82) is 0 Å². The third-order valence-corrected chi connectivity index (χ3v) is 7.75. The summed E-state index contributed by atoms with van der Waals surface area (Å²) in [6.07, 6.45) is 19.1. The van der Waals surface area contributed by atoms with Crippen LogP contribution in [0.4, 0.5) is 0 Å². The van der Waals surface area contributed by atoms with Gasteiger partial charge in [-0.05, 0) is 61.5 Å². The summed E-state index contributed by atoms with van der Waals surface area (Å²) in [5, 5.41) is 0. The zero-order valence-electron chi connectivity index (χ0n) is 15.2. The Balaban J connectivity index is 1.51. The molecule has 4 aliphatic rings. The van der Waals surface area contributed by atoms with Gasteiger partial charge in [0.25, 0.3) is 0 Å². The zero-order chi connectivity index (χ0) is 17.2. The van der Waals surface area contributed by atoms with Gasteiger partial charge in [-0.1, -0.05) is 31.1 Å². The van der Waals surface area contributed by atoms with Crippen LogP contribution in [0.2, 0.25) is 0 Å². The molecular formula is C22H26N2O. The number of allylic oxidation sites excluding steroid dienone is 6. The van der Waals surface area contributed by atoms with E-state index in [-0.39, 0.29) is 10.8 Å². The van der Waals surface area contributed by atoms with Crippen molar-refractivity contribution in [2.45, 2.75) is 52.4 Å². The number of hydrogen-bond donors (Lipinski definition) is 0. The van der Waals surface area contributed by atoms with E-state index in [0.29, 0.717) is 17.6 Å². The molecule has 2 saturated carbocycles. The number of hydrogen-bond acceptors (Lipinski definition) is 2. The van der Waals surface area contributed by atoms with Crippen LogP contribution in [0.1, 0.15) is 52.4 Å². The number of ketones is 1. The second kappa shape index (κ2) is 5.06. The van der Waals surface area contributed by atoms with Crippen LogP contribution >= 0.6 is 0 Å². The third kappa shape index (κ3) is 1.98. The smallest absolute Gasteiger partial charge is 0.155 e. The summed E-state index contributed by atoms with van der Waals surface area (Å²) in [5.74, 6) is 1.69. The lowest BCUT2D eigenvalue weighted by atomic mass is 9.49. The average Bonchev–Trinajstić information content (AvgIpc) is 3.22. The fraction of sp³-hybridized carbons (Fsp3) is 0.545. The molecule has 0 spiro atoms. The van der Waals surface area contributed by atoms with Gasteiger partial charge < -0.3 is 4.57 Å². The lowest BCUT2D eigenvalue weighted by Crippen LogP contribution is -2.47. The second-order valence-electron chi connectivity index (χ2n) is 8.82. The first-order valence-electron chi connectivity index (χ1n) is 9.67. The van der Waals surface area contributed by atoms with Gasteiger partial charge in [0.2, 0.25) is 0 Å². The quantitative estimate of drug-likeness (QED) is 0.740. The van der Waals surface area contributed by atoms with Crippen molar-refractivity contribution in [2.24, 2.45) is 22.7 Å². The molecule has 0 N–H and O–H groups in total. The number of carbonyl (C=O) groups excluding carboxylic acids is 1. The minimum atomic E-state index is 0.143. The molecule has 5 rings (SSSR count). The van der Waals surface area contributed by atoms with Crippen LogP contribution in [0.3, 0.4) is 0 Å². The van der Waals surface area contributed by atoms with Gasteiger partial charge in [-0.3, -0.25) is 4.79 Å². The van der Waals surface area contributed by atoms with Gasteiger partial charge in [-0.15, -0.1) is 0 Å². The monoisotopic (exact) mass is 334 g/mol. The van der Waals surface area contributed by atoms with Crippen LogP contribution in [0.5, 0.6) is 0 Å². The van der Waals surface area contributed by atoms with Crippen LogP contribution in [0, 0.1) is 22.7 Å². The molecular weight excluding hydrogens is 308 g/mol. The highest BCUT2D eigenvalue weighted by Gasteiger charge is 2.54. The molecule has 0 saturated heterocycles. The summed E-state index contributed by atoms with van der Waals surface area (Å²) < 4.78 is 2.19. The van der Waals surface area contributed by atoms with E-state index in [4.69, 9.17) is 0 Å². The lowest BCUT2D eigenvalue weighted by Gasteiger charge is -2.55. The maximum atomic E-state index is 11.9. The van der Waals surface area contributed by atoms with E-state index in [1.165, 1.54) is 30.5 Å². The molecule has 3 heteroatoms. The predicted octanol–water partition coefficient (Wildman–Crippen LogP) is 4.79. The average molecular weight is 334 g/mol. The first-order chi connectivity index (χ1) is 12.0. The molecule has 0 aromatic carbocycles. The van der Waals surface area contributed by atoms with E-state index >= 15 is 0 Å². The molecule has 4 atom stereocenters. The van der Waals surface area contributed by atoms with Crippen LogP contribution in [0.25, 0.3) is 5.70 Å². The molecule has 0 bridgehead atoms. The van der Waals surface area contributed by atoms with Crippen molar-refractivity contribution in [1.82, 2.24) is 9.55 Å². The first kappa shape index (κ1) is 15.4. The lowest BCUT2D eigenvalue weighted by molar-refractivity contribution is -0.116. The Morgan fingerprint density at radius 3 is 2.84 bits per heavy atom. The van der Waals surface area contributed by atoms with Crippen molar-refractivity contribution in [3.63, 3.8) is 0 Å². The molecule has 0 amide bonds. The van der Waals surface area contributed by atoms with Gasteiger partial charge in [0.05, 0.1) is 6.33 Å². The number of aromatic nitrogens is 2. The van der Waals surface area contributed by atoms with Crippen LogP contribution in [-0.2, 0) is 4.79 Å². The highest BCUT2D eigenvalue weighted by Crippen LogP contribution is 2.64. The topological polar surface area (TPSA) is 34.9 Å². The van der Waals surface area contributed by atoms with Crippen LogP contribution in [-0.4, -0.2) is 15.3 Å². The van der Waals surface area contributed by atoms with Gasteiger partial charge in [0, 0.05) is 29.9 Å². The molecule has 1 aromatic rings. The summed E-state index contributed by atoms with van der Waals surface area (Å²) in [6.45, 7) is 4.86. The number of carbonyl (C=O) groups is 1. The van der Waals surface area contributed by atoms with Crippen LogP contribution < -0.4 is 0 Å². The predicted molar refractivity (Wildman–Crippen MR) is 98.6 cm³/mol. The van der Waals surface area contributed by atoms with Crippen molar-refractivity contribution < 1.29 is 4.79 Å². The van der Waals surface area contributed by atoms with Gasteiger partial charge in [-0.2, -0.15) is 0 Å². The first-order valence-corrected chi connectivity index (χ1v) is 9.67. The van der Waals surface area contributed by atoms with E-state index < -0.39 is 0 Å². The van der Waals surface area contributed by atoms with Gasteiger partial charge >= 0.3 is 0 Å². The molecule has 25 heavy (non-hydrogen) atoms. The summed E-state index contributed by atoms with van der Waals surface area (Å²) >= 11 is 0. The molecule has 0 radical (unpaired) electrons. The maximum Gasteiger partial charge on any atom is 0.155 e. The zero-order valence-corrected chi connectivity index (χ0v) is 15.2. The maximum absolute atomic E-state index is 11.9. The summed E-state index contributed by atoms with van der Waals surface area (Å²) in [7, 11) is 0. The van der Waals surface area contributed by atoms with Gasteiger partial charge in [-0.25, -0.2) is 4.98 Å². The molecule has 3 nitrogen and oxygen atoms in total. The Morgan fingerprint density at radius 1 is 1.16 bits per heavy atom. The van der Waals surface area contributed by atoms with E-state index in [0.717, 1.165) is 19.3 Å². The van der Waals surface area contributed by atoms with E-state index in [2.05, 4.69) is 41.7 Å². The fourth-order valence-electron chi connectivity index (χ4n) is 6.31. The minimum Gasteiger partial charge on any atom is -0.309 e. The SMILES string of the molecule is C[C@]12CCC3[C@@H](CCC4=CC(=O)CC[C@@]43C)C1=CC=C2n1ccnc1. The number of rotatable bonds is 1. The van der Waals surface area contributed by atoms with E-state index in [9.17, 15) is 4.79 Å². The third-order valence-electron chi connectivity index (χ3n) is 7.75. The highest BCUT2D eigenvalue weighted by molar-refractivity contribution is 5.91. The summed E-state index contributed by atoms with van der Waals surface area (Å²) in [4.78, 5) is 16.2. The van der Waals surface area contributed by atoms with Crippen LogP contribution in [0.15, 0.2) is 48.1 Å². The Kier molecular flexibility index (Phi) is 3.11. The molecule has 1 heterocycles. The van der Waals surface area contributed by atoms with Gasteiger partial charge in [0.15, 0.2) is 5.78 Å². The molecule has 0 aliphatic heterocycles. The number of imidazole rings is 1. The fourth-order valence-corrected chi connectivity index (χ4v) is 6.31. The van der Waals surface area contributed by atoms with Gasteiger partial charge in [0.1, 0.15) is 0 Å². The summed E-state index contributed by atoms with van der Waals surface area (Å²) in [5.41, 5.74) is 4.82. The van der Waals surface area contributed by atoms with E-state index in [1.807, 2.05) is 18.6 Å². The molecule has 2 fully saturated rings. The number of fused-ring (bicyclic) bond motifs is 5. The Morgan fingerprint density at radius 2 is 2.04 bits per heavy atom. The molecule has 1 aromatic heterocycles. The standard InChI is InChI=1S/C22H26N2O/c1-21-9-7-16(25)13-15(21)3-4-17-18-5-6-20(24-12-11-23-14-24)22(18,2)10-8-19(17)21/h5-6,11-14,17,19H,3-4,7-10H2,1-2H3/t17-,19?,21-,22-/m0/s1. The molecule has 1 unspecified atom stereocenters. The van der Waals surface area contributed by atoms with E-state index in [1.54, 1.807) is 5.57 Å². The number of nitrogens with zero attached hydrogens (tertiary/aromatic N) is 2. The summed E-state index contributed by atoms with van der Waals surface area (Å²) in [6, 6.07) is 0. The minimum absolute atomic E-state index is 0.143. The van der Waals surface area contributed by atoms with Crippen molar-refractivity contribution >= 4 is 11.5 Å². The van der Waals surface area contributed by atoms with Crippen molar-refractivity contribution in [3.05, 3.63) is 48.1 Å². The highest BCUT2D eigenvalue weighted by atomic mass is 16.1. The van der Waals surface area contributed by atoms with Crippen molar-refractivity contribution in [3.8, 4) is 0 Å². The Labute approximate surface area is 149 Å². The second-order valence-corrected chi connectivity index (χ2v) is 8.82. The normalized spacial score (nSPS) is 39.8. The Hall–Kier alpha value is -1.90. The van der Waals surface area contributed by atoms with Crippen molar-refractivity contribution in [2.75, 3.05) is 0 Å². The Bertz CT molecular complexity index is 828.